The number of anilines is 2. The number of carbonyl (C=O) groups excluding carboxylic acids is 1. The predicted molar refractivity (Wildman–Crippen MR) is 84.8 cm³/mol. The molecule has 0 saturated carbocycles. The molecule has 112 valence electrons. The Hall–Kier alpha value is -1.86. The first-order chi connectivity index (χ1) is 9.97. The minimum atomic E-state index is -0.509. The predicted octanol–water partition coefficient (Wildman–Crippen LogP) is 1.59. The number of pyridine rings is 1. The fraction of sp³-hybridized carbons (Fsp3) is 0.429. The van der Waals surface area contributed by atoms with Crippen LogP contribution in [0.15, 0.2) is 12.3 Å². The summed E-state index contributed by atoms with van der Waals surface area (Å²) in [5.41, 5.74) is 12.9. The number of ether oxygens (including phenoxy) is 1. The molecule has 2 aromatic heterocycles. The Morgan fingerprint density at radius 3 is 2.71 bits per heavy atom. The number of aromatic nitrogens is 1. The zero-order valence-corrected chi connectivity index (χ0v) is 12.8. The van der Waals surface area contributed by atoms with Gasteiger partial charge in [-0.3, -0.25) is 4.79 Å². The van der Waals surface area contributed by atoms with Crippen LogP contribution in [0, 0.1) is 0 Å². The van der Waals surface area contributed by atoms with Crippen LogP contribution in [0.3, 0.4) is 0 Å². The molecule has 2 atom stereocenters. The van der Waals surface area contributed by atoms with Crippen LogP contribution in [-0.2, 0) is 4.74 Å². The fourth-order valence-corrected chi connectivity index (χ4v) is 3.79. The molecule has 2 aromatic rings. The van der Waals surface area contributed by atoms with E-state index >= 15 is 0 Å². The van der Waals surface area contributed by atoms with Crippen molar-refractivity contribution < 1.29 is 9.53 Å². The first-order valence-electron chi connectivity index (χ1n) is 6.84. The van der Waals surface area contributed by atoms with Gasteiger partial charge < -0.3 is 21.1 Å². The number of amides is 1. The van der Waals surface area contributed by atoms with E-state index in [1.165, 1.54) is 11.3 Å². The second-order valence-electron chi connectivity index (χ2n) is 5.38. The van der Waals surface area contributed by atoms with Gasteiger partial charge in [0.15, 0.2) is 0 Å². The van der Waals surface area contributed by atoms with Gasteiger partial charge in [0.25, 0.3) is 5.91 Å². The minimum absolute atomic E-state index is 0.146. The summed E-state index contributed by atoms with van der Waals surface area (Å²) in [6.07, 6.45) is 2.03. The van der Waals surface area contributed by atoms with Gasteiger partial charge in [-0.2, -0.15) is 0 Å². The average Bonchev–Trinajstić information content (AvgIpc) is 2.75. The molecular formula is C14H18N4O2S. The summed E-state index contributed by atoms with van der Waals surface area (Å²) in [5, 5.41) is 0.817. The molecular weight excluding hydrogens is 288 g/mol. The number of hydrogen-bond acceptors (Lipinski definition) is 6. The Balaban J connectivity index is 2.12. The van der Waals surface area contributed by atoms with Crippen molar-refractivity contribution in [3.8, 4) is 0 Å². The summed E-state index contributed by atoms with van der Waals surface area (Å²) >= 11 is 1.24. The number of morpholine rings is 1. The van der Waals surface area contributed by atoms with Crippen LogP contribution in [-0.4, -0.2) is 36.2 Å². The third kappa shape index (κ3) is 2.43. The van der Waals surface area contributed by atoms with E-state index < -0.39 is 5.91 Å². The lowest BCUT2D eigenvalue weighted by atomic mass is 10.1. The van der Waals surface area contributed by atoms with Crippen molar-refractivity contribution in [2.45, 2.75) is 26.1 Å². The Morgan fingerprint density at radius 2 is 2.10 bits per heavy atom. The third-order valence-electron chi connectivity index (χ3n) is 3.59. The topological polar surface area (TPSA) is 94.5 Å². The minimum Gasteiger partial charge on any atom is -0.397 e. The maximum Gasteiger partial charge on any atom is 0.260 e. The largest absolute Gasteiger partial charge is 0.397 e. The highest BCUT2D eigenvalue weighted by Crippen LogP contribution is 2.39. The van der Waals surface area contributed by atoms with Crippen molar-refractivity contribution in [1.29, 1.82) is 0 Å². The molecule has 1 amide bonds. The van der Waals surface area contributed by atoms with Crippen LogP contribution >= 0.6 is 11.3 Å². The first kappa shape index (κ1) is 14.1. The van der Waals surface area contributed by atoms with E-state index in [2.05, 4.69) is 9.88 Å². The Labute approximate surface area is 126 Å². The smallest absolute Gasteiger partial charge is 0.260 e. The van der Waals surface area contributed by atoms with Crippen molar-refractivity contribution >= 4 is 38.8 Å². The fourth-order valence-electron chi connectivity index (χ4n) is 2.85. The van der Waals surface area contributed by atoms with E-state index in [0.29, 0.717) is 10.6 Å². The quantitative estimate of drug-likeness (QED) is 0.878. The van der Waals surface area contributed by atoms with Gasteiger partial charge in [-0.15, -0.1) is 11.3 Å². The van der Waals surface area contributed by atoms with E-state index in [0.717, 1.165) is 29.0 Å². The molecule has 0 aliphatic carbocycles. The molecule has 1 aliphatic heterocycles. The Bertz CT molecular complexity index is 690. The van der Waals surface area contributed by atoms with Gasteiger partial charge in [-0.25, -0.2) is 4.98 Å². The molecule has 2 unspecified atom stereocenters. The Kier molecular flexibility index (Phi) is 3.46. The summed E-state index contributed by atoms with van der Waals surface area (Å²) in [7, 11) is 0. The Morgan fingerprint density at radius 1 is 1.43 bits per heavy atom. The van der Waals surface area contributed by atoms with Crippen LogP contribution in [0.2, 0.25) is 0 Å². The van der Waals surface area contributed by atoms with Gasteiger partial charge in [0.2, 0.25) is 0 Å². The second kappa shape index (κ2) is 5.16. The molecule has 0 radical (unpaired) electrons. The number of thiophene rings is 1. The van der Waals surface area contributed by atoms with Crippen LogP contribution in [0.4, 0.5) is 11.4 Å². The monoisotopic (exact) mass is 306 g/mol. The highest BCUT2D eigenvalue weighted by atomic mass is 32.1. The summed E-state index contributed by atoms with van der Waals surface area (Å²) in [5.74, 6) is -0.509. The van der Waals surface area contributed by atoms with E-state index in [1.807, 2.05) is 19.9 Å². The third-order valence-corrected chi connectivity index (χ3v) is 4.72. The maximum atomic E-state index is 11.5. The van der Waals surface area contributed by atoms with Gasteiger partial charge in [-0.1, -0.05) is 0 Å². The lowest BCUT2D eigenvalue weighted by Crippen LogP contribution is -2.45. The van der Waals surface area contributed by atoms with Crippen LogP contribution in [0.1, 0.15) is 23.5 Å². The van der Waals surface area contributed by atoms with Crippen molar-refractivity contribution in [3.63, 3.8) is 0 Å². The number of carbonyl (C=O) groups is 1. The maximum absolute atomic E-state index is 11.5. The van der Waals surface area contributed by atoms with Gasteiger partial charge in [0.1, 0.15) is 9.71 Å². The van der Waals surface area contributed by atoms with E-state index in [9.17, 15) is 4.79 Å². The second-order valence-corrected chi connectivity index (χ2v) is 6.38. The van der Waals surface area contributed by atoms with Crippen molar-refractivity contribution in [2.24, 2.45) is 5.73 Å². The van der Waals surface area contributed by atoms with Crippen LogP contribution < -0.4 is 16.4 Å². The molecule has 6 nitrogen and oxygen atoms in total. The number of nitrogens with zero attached hydrogens (tertiary/aromatic N) is 2. The van der Waals surface area contributed by atoms with E-state index in [4.69, 9.17) is 16.2 Å². The summed E-state index contributed by atoms with van der Waals surface area (Å²) in [6, 6.07) is 1.93. The summed E-state index contributed by atoms with van der Waals surface area (Å²) < 4.78 is 5.76. The van der Waals surface area contributed by atoms with Crippen LogP contribution in [0.25, 0.3) is 10.2 Å². The molecule has 1 fully saturated rings. The normalized spacial score (nSPS) is 22.7. The van der Waals surface area contributed by atoms with Crippen LogP contribution in [0.5, 0.6) is 0 Å². The van der Waals surface area contributed by atoms with Crippen molar-refractivity contribution in [3.05, 3.63) is 17.1 Å². The van der Waals surface area contributed by atoms with Gasteiger partial charge in [0.05, 0.1) is 29.0 Å². The number of fused-ring (bicyclic) bond motifs is 1. The molecule has 1 aliphatic rings. The summed E-state index contributed by atoms with van der Waals surface area (Å²) in [6.45, 7) is 5.66. The molecule has 0 bridgehead atoms. The molecule has 21 heavy (non-hydrogen) atoms. The first-order valence-corrected chi connectivity index (χ1v) is 7.66. The highest BCUT2D eigenvalue weighted by Gasteiger charge is 2.26. The van der Waals surface area contributed by atoms with E-state index in [1.54, 1.807) is 6.20 Å². The standard InChI is InChI=1S/C14H18N4O2S/c1-7-5-18(6-8(2)20-7)9-3-4-17-14-10(9)11(15)12(21-14)13(16)19/h3-4,7-8H,5-6,15H2,1-2H3,(H2,16,19). The lowest BCUT2D eigenvalue weighted by Gasteiger charge is -2.37. The number of primary amides is 1. The number of hydrogen-bond donors (Lipinski definition) is 2. The average molecular weight is 306 g/mol. The van der Waals surface area contributed by atoms with E-state index in [-0.39, 0.29) is 12.2 Å². The van der Waals surface area contributed by atoms with Crippen molar-refractivity contribution in [2.75, 3.05) is 23.7 Å². The number of nitrogens with two attached hydrogens (primary N) is 2. The number of nitrogen functional groups attached to an aromatic ring is 1. The molecule has 3 heterocycles. The molecule has 7 heteroatoms. The lowest BCUT2D eigenvalue weighted by molar-refractivity contribution is -0.00513. The highest BCUT2D eigenvalue weighted by molar-refractivity contribution is 7.21. The molecule has 0 spiro atoms. The molecule has 4 N–H and O–H groups in total. The molecule has 3 rings (SSSR count). The number of rotatable bonds is 2. The van der Waals surface area contributed by atoms with Gasteiger partial charge >= 0.3 is 0 Å². The van der Waals surface area contributed by atoms with Gasteiger partial charge in [0, 0.05) is 19.3 Å². The zero-order chi connectivity index (χ0) is 15.1. The van der Waals surface area contributed by atoms with Crippen molar-refractivity contribution in [1.82, 2.24) is 4.98 Å². The SMILES string of the molecule is CC1CN(c2ccnc3sc(C(N)=O)c(N)c23)CC(C)O1. The van der Waals surface area contributed by atoms with Gasteiger partial charge in [-0.05, 0) is 19.9 Å². The molecule has 1 saturated heterocycles. The molecule has 0 aromatic carbocycles. The summed E-state index contributed by atoms with van der Waals surface area (Å²) in [4.78, 5) is 19.1. The zero-order valence-electron chi connectivity index (χ0n) is 12.0.